The number of sulfonamides is 1. The van der Waals surface area contributed by atoms with Crippen molar-refractivity contribution < 1.29 is 13.2 Å². The number of anilines is 2. The van der Waals surface area contributed by atoms with Crippen molar-refractivity contribution in [1.82, 2.24) is 4.90 Å². The fraction of sp³-hybridized carbons (Fsp3) is 0.409. The van der Waals surface area contributed by atoms with E-state index < -0.39 is 10.0 Å². The van der Waals surface area contributed by atoms with Crippen LogP contribution < -0.4 is 9.21 Å². The van der Waals surface area contributed by atoms with Crippen molar-refractivity contribution in [2.75, 3.05) is 47.7 Å². The third-order valence-electron chi connectivity index (χ3n) is 5.81. The van der Waals surface area contributed by atoms with Gasteiger partial charge in [0.2, 0.25) is 10.0 Å². The number of rotatable bonds is 3. The summed E-state index contributed by atoms with van der Waals surface area (Å²) in [6.45, 7) is 5.20. The molecule has 0 radical (unpaired) electrons. The molecule has 6 nitrogen and oxygen atoms in total. The zero-order valence-electron chi connectivity index (χ0n) is 17.1. The molecular weight excluding hydrogens is 422 g/mol. The highest BCUT2D eigenvalue weighted by atomic mass is 35.5. The second-order valence-corrected chi connectivity index (χ2v) is 10.3. The fourth-order valence-electron chi connectivity index (χ4n) is 4.13. The molecule has 2 aliphatic rings. The zero-order chi connectivity index (χ0) is 21.3. The van der Waals surface area contributed by atoms with Crippen LogP contribution in [0.5, 0.6) is 0 Å². The van der Waals surface area contributed by atoms with Gasteiger partial charge in [0.1, 0.15) is 0 Å². The summed E-state index contributed by atoms with van der Waals surface area (Å²) in [7, 11) is -3.30. The van der Waals surface area contributed by atoms with Crippen molar-refractivity contribution in [3.05, 3.63) is 58.6 Å². The highest BCUT2D eigenvalue weighted by molar-refractivity contribution is 7.92. The Bertz CT molecular complexity index is 1050. The van der Waals surface area contributed by atoms with Crippen LogP contribution in [-0.4, -0.2) is 57.7 Å². The summed E-state index contributed by atoms with van der Waals surface area (Å²) in [6, 6.07) is 12.9. The zero-order valence-corrected chi connectivity index (χ0v) is 18.6. The minimum absolute atomic E-state index is 0.0614. The van der Waals surface area contributed by atoms with Crippen LogP contribution in [0.25, 0.3) is 0 Å². The summed E-state index contributed by atoms with van der Waals surface area (Å²) in [5.74, 6) is 0.101. The van der Waals surface area contributed by atoms with E-state index in [1.54, 1.807) is 24.3 Å². The molecule has 30 heavy (non-hydrogen) atoms. The van der Waals surface area contributed by atoms with Gasteiger partial charge in [-0.3, -0.25) is 9.10 Å². The van der Waals surface area contributed by atoms with Crippen molar-refractivity contribution >= 4 is 38.9 Å². The van der Waals surface area contributed by atoms with E-state index in [4.69, 9.17) is 11.6 Å². The van der Waals surface area contributed by atoms with Crippen LogP contribution in [0.2, 0.25) is 5.02 Å². The summed E-state index contributed by atoms with van der Waals surface area (Å²) in [5.41, 5.74) is 3.37. The van der Waals surface area contributed by atoms with Gasteiger partial charge in [-0.05, 0) is 55.7 Å². The van der Waals surface area contributed by atoms with Crippen molar-refractivity contribution in [2.45, 2.75) is 19.8 Å². The lowest BCUT2D eigenvalue weighted by molar-refractivity contribution is 0.0747. The lowest BCUT2D eigenvalue weighted by Gasteiger charge is -2.37. The Morgan fingerprint density at radius 3 is 2.47 bits per heavy atom. The molecule has 4 rings (SSSR count). The van der Waals surface area contributed by atoms with Crippen LogP contribution in [0.3, 0.4) is 0 Å². The predicted octanol–water partition coefficient (Wildman–Crippen LogP) is 3.54. The van der Waals surface area contributed by atoms with Crippen LogP contribution >= 0.6 is 11.6 Å². The molecule has 0 aliphatic carbocycles. The van der Waals surface area contributed by atoms with Crippen molar-refractivity contribution in [1.29, 1.82) is 0 Å². The number of amides is 1. The number of hydrogen-bond donors (Lipinski definition) is 0. The second kappa shape index (κ2) is 8.47. The SMILES string of the molecule is Cc1ccc(Cl)cc1N1CCN(C(=O)c2cccc(N3CCCCS3(=O)=O)c2)CC1. The molecule has 0 unspecified atom stereocenters. The van der Waals surface area contributed by atoms with Gasteiger partial charge in [0, 0.05) is 49.0 Å². The predicted molar refractivity (Wildman–Crippen MR) is 121 cm³/mol. The van der Waals surface area contributed by atoms with Gasteiger partial charge < -0.3 is 9.80 Å². The number of carbonyl (C=O) groups is 1. The fourth-order valence-corrected chi connectivity index (χ4v) is 5.93. The molecule has 8 heteroatoms. The first-order chi connectivity index (χ1) is 14.3. The Balaban J connectivity index is 1.46. The van der Waals surface area contributed by atoms with Crippen LogP contribution in [0.1, 0.15) is 28.8 Å². The number of carbonyl (C=O) groups excluding carboxylic acids is 1. The standard InChI is InChI=1S/C22H26ClN3O3S/c1-17-7-8-19(23)16-21(17)24-10-12-25(13-11-24)22(27)18-5-4-6-20(15-18)26-9-2-3-14-30(26,28)29/h4-8,15-16H,2-3,9-14H2,1H3. The average molecular weight is 448 g/mol. The maximum absolute atomic E-state index is 13.1. The lowest BCUT2D eigenvalue weighted by Crippen LogP contribution is -2.49. The summed E-state index contributed by atoms with van der Waals surface area (Å²) >= 11 is 6.16. The minimum Gasteiger partial charge on any atom is -0.368 e. The van der Waals surface area contributed by atoms with Gasteiger partial charge >= 0.3 is 0 Å². The first-order valence-corrected chi connectivity index (χ1v) is 12.2. The summed E-state index contributed by atoms with van der Waals surface area (Å²) in [4.78, 5) is 17.2. The lowest BCUT2D eigenvalue weighted by atomic mass is 10.1. The van der Waals surface area contributed by atoms with Crippen LogP contribution in [0.4, 0.5) is 11.4 Å². The Labute approximate surface area is 183 Å². The van der Waals surface area contributed by atoms with Crippen molar-refractivity contribution in [3.63, 3.8) is 0 Å². The second-order valence-electron chi connectivity index (χ2n) is 7.86. The molecule has 2 aromatic carbocycles. The summed E-state index contributed by atoms with van der Waals surface area (Å²) in [5, 5.41) is 0.707. The van der Waals surface area contributed by atoms with Gasteiger partial charge in [-0.1, -0.05) is 23.7 Å². The van der Waals surface area contributed by atoms with E-state index in [9.17, 15) is 13.2 Å². The Kier molecular flexibility index (Phi) is 5.93. The molecule has 2 fully saturated rings. The van der Waals surface area contributed by atoms with Gasteiger partial charge in [0.05, 0.1) is 11.4 Å². The van der Waals surface area contributed by atoms with Crippen LogP contribution in [0.15, 0.2) is 42.5 Å². The van der Waals surface area contributed by atoms with Gasteiger partial charge in [0.15, 0.2) is 0 Å². The molecule has 0 saturated carbocycles. The highest BCUT2D eigenvalue weighted by Crippen LogP contribution is 2.27. The Hall–Kier alpha value is -2.25. The van der Waals surface area contributed by atoms with E-state index in [1.807, 2.05) is 23.1 Å². The van der Waals surface area contributed by atoms with Gasteiger partial charge in [-0.15, -0.1) is 0 Å². The number of hydrogen-bond acceptors (Lipinski definition) is 4. The van der Waals surface area contributed by atoms with E-state index in [1.165, 1.54) is 4.31 Å². The minimum atomic E-state index is -3.30. The maximum atomic E-state index is 13.1. The third-order valence-corrected chi connectivity index (χ3v) is 7.91. The van der Waals surface area contributed by atoms with Crippen LogP contribution in [0, 0.1) is 6.92 Å². The van der Waals surface area contributed by atoms with Crippen molar-refractivity contribution in [3.8, 4) is 0 Å². The van der Waals surface area contributed by atoms with Gasteiger partial charge in [0.25, 0.3) is 5.91 Å². The van der Waals surface area contributed by atoms with Crippen molar-refractivity contribution in [2.24, 2.45) is 0 Å². The molecule has 0 N–H and O–H groups in total. The highest BCUT2D eigenvalue weighted by Gasteiger charge is 2.28. The van der Waals surface area contributed by atoms with E-state index >= 15 is 0 Å². The number of halogens is 1. The normalized spacial score (nSPS) is 19.1. The smallest absolute Gasteiger partial charge is 0.254 e. The first kappa shape index (κ1) is 21.0. The molecule has 0 spiro atoms. The van der Waals surface area contributed by atoms with E-state index in [-0.39, 0.29) is 11.7 Å². The molecule has 0 aromatic heterocycles. The first-order valence-electron chi connectivity index (χ1n) is 10.3. The molecule has 2 aliphatic heterocycles. The van der Waals surface area contributed by atoms with E-state index in [0.717, 1.165) is 30.8 Å². The third kappa shape index (κ3) is 4.27. The maximum Gasteiger partial charge on any atom is 0.254 e. The summed E-state index contributed by atoms with van der Waals surface area (Å²) < 4.78 is 26.2. The molecule has 2 heterocycles. The average Bonchev–Trinajstić information content (AvgIpc) is 2.75. The summed E-state index contributed by atoms with van der Waals surface area (Å²) in [6.07, 6.45) is 1.52. The molecule has 160 valence electrons. The number of nitrogens with zero attached hydrogens (tertiary/aromatic N) is 3. The molecule has 2 saturated heterocycles. The molecular formula is C22H26ClN3O3S. The quantitative estimate of drug-likeness (QED) is 0.722. The molecule has 1 amide bonds. The molecule has 0 atom stereocenters. The number of piperazine rings is 1. The Morgan fingerprint density at radius 1 is 0.967 bits per heavy atom. The largest absolute Gasteiger partial charge is 0.368 e. The molecule has 0 bridgehead atoms. The van der Waals surface area contributed by atoms with E-state index in [0.29, 0.717) is 42.3 Å². The molecule has 2 aromatic rings. The monoisotopic (exact) mass is 447 g/mol. The topological polar surface area (TPSA) is 60.9 Å². The van der Waals surface area contributed by atoms with E-state index in [2.05, 4.69) is 11.8 Å². The Morgan fingerprint density at radius 2 is 1.73 bits per heavy atom. The van der Waals surface area contributed by atoms with Gasteiger partial charge in [-0.25, -0.2) is 8.42 Å². The number of benzene rings is 2. The number of aryl methyl sites for hydroxylation is 1. The van der Waals surface area contributed by atoms with Crippen LogP contribution in [-0.2, 0) is 10.0 Å². The van der Waals surface area contributed by atoms with Gasteiger partial charge in [-0.2, -0.15) is 0 Å².